The quantitative estimate of drug-likeness (QED) is 0.529. The molecule has 0 N–H and O–H groups in total. The Morgan fingerprint density at radius 2 is 1.71 bits per heavy atom. The molecule has 0 saturated carbocycles. The van der Waals surface area contributed by atoms with Gasteiger partial charge in [0, 0.05) is 0 Å². The van der Waals surface area contributed by atoms with Gasteiger partial charge < -0.3 is 14.2 Å². The normalized spacial score (nSPS) is 14.0. The summed E-state index contributed by atoms with van der Waals surface area (Å²) >= 11 is 5.65. The minimum atomic E-state index is -3.55. The van der Waals surface area contributed by atoms with E-state index in [4.69, 9.17) is 20.6 Å². The van der Waals surface area contributed by atoms with Crippen molar-refractivity contribution >= 4 is 19.2 Å². The van der Waals surface area contributed by atoms with Crippen LogP contribution in [0.1, 0.15) is 27.2 Å². The monoisotopic (exact) mass is 241 g/mol. The van der Waals surface area contributed by atoms with Crippen LogP contribution in [-0.2, 0) is 13.6 Å². The molecule has 0 atom stereocenters. The Labute approximate surface area is 89.4 Å². The number of hydrogen-bond donors (Lipinski definition) is 0. The molecule has 4 nitrogen and oxygen atoms in total. The van der Waals surface area contributed by atoms with Crippen LogP contribution in [0.15, 0.2) is 10.5 Å². The summed E-state index contributed by atoms with van der Waals surface area (Å²) in [5, 5.41) is 11.2. The lowest BCUT2D eigenvalue weighted by molar-refractivity contribution is -0.306. The van der Waals surface area contributed by atoms with Gasteiger partial charge in [0.05, 0.1) is 13.2 Å². The average molecular weight is 242 g/mol. The van der Waals surface area contributed by atoms with Crippen molar-refractivity contribution in [1.29, 1.82) is 0 Å². The molecule has 0 unspecified atom stereocenters. The fraction of sp³-hybridized carbons (Fsp3) is 0.750. The van der Waals surface area contributed by atoms with Gasteiger partial charge in [0.2, 0.25) is 0 Å². The molecule has 0 aromatic heterocycles. The Kier molecular flexibility index (Phi) is 6.45. The van der Waals surface area contributed by atoms with E-state index in [2.05, 4.69) is 0 Å². The highest BCUT2D eigenvalue weighted by atomic mass is 35.5. The molecule has 0 aliphatic heterocycles. The Morgan fingerprint density at radius 1 is 1.29 bits per heavy atom. The molecule has 0 heterocycles. The largest absolute Gasteiger partial charge is 0.874 e. The maximum absolute atomic E-state index is 11.9. The van der Waals surface area contributed by atoms with Gasteiger partial charge in [0.1, 0.15) is 4.77 Å². The fourth-order valence-electron chi connectivity index (χ4n) is 0.789. The summed E-state index contributed by atoms with van der Waals surface area (Å²) in [6, 6.07) is 0. The first-order valence-electron chi connectivity index (χ1n) is 4.47. The summed E-state index contributed by atoms with van der Waals surface area (Å²) in [6.45, 7) is 5.32. The predicted octanol–water partition coefficient (Wildman–Crippen LogP) is 2.43. The van der Waals surface area contributed by atoms with Crippen LogP contribution in [0.3, 0.4) is 0 Å². The van der Waals surface area contributed by atoms with Gasteiger partial charge in [-0.25, -0.2) is 0 Å². The molecule has 84 valence electrons. The Morgan fingerprint density at radius 3 is 2.00 bits per heavy atom. The van der Waals surface area contributed by atoms with Crippen molar-refractivity contribution in [1.82, 2.24) is 0 Å². The molecule has 0 amide bonds. The molecule has 0 rings (SSSR count). The number of allylic oxidation sites excluding steroid dienone is 1. The third kappa shape index (κ3) is 3.62. The molecule has 6 heteroatoms. The molecular formula is C8H15ClO4P-. The highest BCUT2D eigenvalue weighted by molar-refractivity contribution is 7.61. The molecular weight excluding hydrogens is 227 g/mol. The van der Waals surface area contributed by atoms with Crippen molar-refractivity contribution in [3.63, 3.8) is 0 Å². The molecule has 0 aromatic rings. The Hall–Kier alpha value is -0.0200. The molecule has 14 heavy (non-hydrogen) atoms. The molecule has 0 radical (unpaired) electrons. The van der Waals surface area contributed by atoms with Gasteiger partial charge in [0.15, 0.2) is 0 Å². The second-order valence-electron chi connectivity index (χ2n) is 2.40. The van der Waals surface area contributed by atoms with Crippen molar-refractivity contribution in [2.75, 3.05) is 13.2 Å². The van der Waals surface area contributed by atoms with Gasteiger partial charge in [0.25, 0.3) is 0 Å². The molecule has 0 spiro atoms. The van der Waals surface area contributed by atoms with E-state index in [1.807, 2.05) is 0 Å². The average Bonchev–Trinajstić information content (AvgIpc) is 2.16. The van der Waals surface area contributed by atoms with Crippen molar-refractivity contribution in [2.45, 2.75) is 27.2 Å². The maximum Gasteiger partial charge on any atom is 0.371 e. The SMILES string of the molecule is CCOP(=O)(OCC)/C(Cl)=C(\[O-])CC. The first kappa shape index (κ1) is 14.0. The molecule has 0 aliphatic carbocycles. The van der Waals surface area contributed by atoms with E-state index in [9.17, 15) is 9.67 Å². The van der Waals surface area contributed by atoms with Crippen LogP contribution in [0, 0.1) is 0 Å². The van der Waals surface area contributed by atoms with E-state index in [-0.39, 0.29) is 24.4 Å². The highest BCUT2D eigenvalue weighted by Gasteiger charge is 2.28. The minimum Gasteiger partial charge on any atom is -0.874 e. The first-order chi connectivity index (χ1) is 6.51. The van der Waals surface area contributed by atoms with Crippen LogP contribution in [0.4, 0.5) is 0 Å². The fourth-order valence-corrected chi connectivity index (χ4v) is 2.66. The van der Waals surface area contributed by atoms with Crippen LogP contribution in [0.2, 0.25) is 0 Å². The van der Waals surface area contributed by atoms with E-state index in [1.54, 1.807) is 20.8 Å². The van der Waals surface area contributed by atoms with Crippen molar-refractivity contribution in [3.05, 3.63) is 10.5 Å². The lowest BCUT2D eigenvalue weighted by atomic mass is 10.4. The van der Waals surface area contributed by atoms with Crippen LogP contribution in [0.25, 0.3) is 0 Å². The Balaban J connectivity index is 4.91. The zero-order valence-corrected chi connectivity index (χ0v) is 10.2. The first-order valence-corrected chi connectivity index (χ1v) is 6.39. The van der Waals surface area contributed by atoms with Crippen LogP contribution >= 0.6 is 19.2 Å². The zero-order chi connectivity index (χ0) is 11.2. The number of halogens is 1. The molecule has 0 fully saturated rings. The van der Waals surface area contributed by atoms with Crippen molar-refractivity contribution < 1.29 is 18.7 Å². The summed E-state index contributed by atoms with van der Waals surface area (Å²) in [4.78, 5) is 0. The van der Waals surface area contributed by atoms with E-state index < -0.39 is 13.4 Å². The molecule has 0 aromatic carbocycles. The molecule has 0 aliphatic rings. The highest BCUT2D eigenvalue weighted by Crippen LogP contribution is 2.58. The van der Waals surface area contributed by atoms with E-state index in [1.165, 1.54) is 0 Å². The number of rotatable bonds is 6. The molecule has 0 bridgehead atoms. The lowest BCUT2D eigenvalue weighted by Crippen LogP contribution is -2.07. The van der Waals surface area contributed by atoms with Gasteiger partial charge in [-0.1, -0.05) is 18.5 Å². The second kappa shape index (κ2) is 6.46. The summed E-state index contributed by atoms with van der Waals surface area (Å²) in [6.07, 6.45) is 0.184. The van der Waals surface area contributed by atoms with Crippen LogP contribution < -0.4 is 5.11 Å². The van der Waals surface area contributed by atoms with Gasteiger partial charge in [-0.15, -0.1) is 5.76 Å². The van der Waals surface area contributed by atoms with Gasteiger partial charge >= 0.3 is 7.60 Å². The van der Waals surface area contributed by atoms with Crippen molar-refractivity contribution in [2.24, 2.45) is 0 Å². The second-order valence-corrected chi connectivity index (χ2v) is 5.00. The third-order valence-corrected chi connectivity index (χ3v) is 4.15. The van der Waals surface area contributed by atoms with Crippen LogP contribution in [0.5, 0.6) is 0 Å². The van der Waals surface area contributed by atoms with Gasteiger partial charge in [-0.3, -0.25) is 4.57 Å². The Bertz CT molecular complexity index is 242. The van der Waals surface area contributed by atoms with E-state index in [0.29, 0.717) is 0 Å². The van der Waals surface area contributed by atoms with E-state index >= 15 is 0 Å². The third-order valence-electron chi connectivity index (χ3n) is 1.39. The van der Waals surface area contributed by atoms with E-state index in [0.717, 1.165) is 0 Å². The summed E-state index contributed by atoms with van der Waals surface area (Å²) in [5.41, 5.74) is 0. The predicted molar refractivity (Wildman–Crippen MR) is 54.0 cm³/mol. The summed E-state index contributed by atoms with van der Waals surface area (Å²) < 4.78 is 21.3. The minimum absolute atomic E-state index is 0.184. The lowest BCUT2D eigenvalue weighted by Gasteiger charge is -2.20. The molecule has 0 saturated heterocycles. The maximum atomic E-state index is 11.9. The van der Waals surface area contributed by atoms with Crippen LogP contribution in [-0.4, -0.2) is 13.2 Å². The van der Waals surface area contributed by atoms with Gasteiger partial charge in [-0.2, -0.15) is 0 Å². The summed E-state index contributed by atoms with van der Waals surface area (Å²) in [5.74, 6) is -0.406. The standard InChI is InChI=1S/C8H16ClO4P/c1-4-7(10)8(9)14(11,12-5-2)13-6-3/h10H,4-6H2,1-3H3/p-1/b8-7-. The smallest absolute Gasteiger partial charge is 0.371 e. The number of hydrogen-bond acceptors (Lipinski definition) is 4. The van der Waals surface area contributed by atoms with Crippen molar-refractivity contribution in [3.8, 4) is 0 Å². The van der Waals surface area contributed by atoms with Gasteiger partial charge in [-0.05, 0) is 20.3 Å². The topological polar surface area (TPSA) is 58.6 Å². The summed E-state index contributed by atoms with van der Waals surface area (Å²) in [7, 11) is -3.55. The zero-order valence-electron chi connectivity index (χ0n) is 8.58.